The zero-order chi connectivity index (χ0) is 26.0. The lowest BCUT2D eigenvalue weighted by Crippen LogP contribution is -2.05. The third kappa shape index (κ3) is 4.92. The molecule has 0 bridgehead atoms. The molecule has 0 nitrogen and oxygen atoms in total. The summed E-state index contributed by atoms with van der Waals surface area (Å²) in [5.41, 5.74) is 13.9. The van der Waals surface area contributed by atoms with Crippen LogP contribution in [0.25, 0.3) is 33.4 Å². The van der Waals surface area contributed by atoms with Gasteiger partial charge in [0.05, 0.1) is 0 Å². The highest BCUT2D eigenvalue weighted by Gasteiger charge is 2.25. The minimum atomic E-state index is 0.431. The number of hydrogen-bond acceptors (Lipinski definition) is 0. The maximum atomic E-state index is 2.37. The number of hydrogen-bond donors (Lipinski definition) is 0. The van der Waals surface area contributed by atoms with E-state index in [0.717, 1.165) is 0 Å². The Hall–Kier alpha value is -3.12. The van der Waals surface area contributed by atoms with Crippen LogP contribution in [0.5, 0.6) is 0 Å². The molecule has 0 aliphatic rings. The second-order valence-electron chi connectivity index (χ2n) is 11.3. The molecule has 0 N–H and O–H groups in total. The van der Waals surface area contributed by atoms with Crippen molar-refractivity contribution in [1.82, 2.24) is 0 Å². The van der Waals surface area contributed by atoms with Crippen LogP contribution in [0.3, 0.4) is 0 Å². The van der Waals surface area contributed by atoms with E-state index < -0.39 is 0 Å². The van der Waals surface area contributed by atoms with Crippen LogP contribution in [0.15, 0.2) is 84.9 Å². The summed E-state index contributed by atoms with van der Waals surface area (Å²) in [6.45, 7) is 18.6. The van der Waals surface area contributed by atoms with E-state index in [4.69, 9.17) is 0 Å². The molecule has 0 aliphatic carbocycles. The van der Waals surface area contributed by atoms with Gasteiger partial charge in [0.2, 0.25) is 0 Å². The highest BCUT2D eigenvalue weighted by Crippen LogP contribution is 2.48. The Morgan fingerprint density at radius 2 is 0.722 bits per heavy atom. The summed E-state index contributed by atoms with van der Waals surface area (Å²) in [6, 6.07) is 31.7. The molecule has 4 rings (SSSR count). The lowest BCUT2D eigenvalue weighted by atomic mass is 9.76. The molecule has 0 aromatic heterocycles. The molecule has 186 valence electrons. The van der Waals surface area contributed by atoms with Crippen LogP contribution in [0.4, 0.5) is 0 Å². The van der Waals surface area contributed by atoms with E-state index in [0.29, 0.717) is 23.7 Å². The Morgan fingerprint density at radius 3 is 1.17 bits per heavy atom. The zero-order valence-electron chi connectivity index (χ0n) is 23.4. The molecule has 0 heterocycles. The molecule has 0 spiro atoms. The van der Waals surface area contributed by atoms with Gasteiger partial charge < -0.3 is 0 Å². The first kappa shape index (κ1) is 26.0. The molecule has 0 unspecified atom stereocenters. The van der Waals surface area contributed by atoms with E-state index >= 15 is 0 Å². The van der Waals surface area contributed by atoms with Crippen molar-refractivity contribution in [2.75, 3.05) is 0 Å². The van der Waals surface area contributed by atoms with Gasteiger partial charge >= 0.3 is 0 Å². The van der Waals surface area contributed by atoms with Crippen molar-refractivity contribution >= 4 is 0 Å². The SMILES string of the molecule is CC(C)c1cccc(C(C)C)c1-c1cccc(-c2ccccc2)c1-c1c(C(C)C)cccc1C(C)C. The van der Waals surface area contributed by atoms with Crippen LogP contribution in [0, 0.1) is 0 Å². The highest BCUT2D eigenvalue weighted by molar-refractivity contribution is 5.98. The van der Waals surface area contributed by atoms with Gasteiger partial charge in [0.1, 0.15) is 0 Å². The van der Waals surface area contributed by atoms with Gasteiger partial charge in [-0.2, -0.15) is 0 Å². The molecule has 0 heteroatoms. The molecule has 0 amide bonds. The normalized spacial score (nSPS) is 11.8. The number of benzene rings is 4. The van der Waals surface area contributed by atoms with Gasteiger partial charge in [0.15, 0.2) is 0 Å². The molecule has 0 aliphatic heterocycles. The van der Waals surface area contributed by atoms with Crippen molar-refractivity contribution in [2.45, 2.75) is 79.1 Å². The number of rotatable bonds is 7. The first-order chi connectivity index (χ1) is 17.2. The summed E-state index contributed by atoms with van der Waals surface area (Å²) in [5.74, 6) is 1.74. The highest BCUT2D eigenvalue weighted by atomic mass is 14.3. The van der Waals surface area contributed by atoms with Crippen molar-refractivity contribution in [3.8, 4) is 33.4 Å². The Morgan fingerprint density at radius 1 is 0.333 bits per heavy atom. The van der Waals surface area contributed by atoms with E-state index in [1.54, 1.807) is 0 Å². The van der Waals surface area contributed by atoms with Gasteiger partial charge in [-0.05, 0) is 79.3 Å². The van der Waals surface area contributed by atoms with Crippen LogP contribution in [0.1, 0.15) is 101 Å². The topological polar surface area (TPSA) is 0 Å². The van der Waals surface area contributed by atoms with Crippen molar-refractivity contribution < 1.29 is 0 Å². The summed E-state index contributed by atoms with van der Waals surface area (Å²) in [5, 5.41) is 0. The maximum Gasteiger partial charge on any atom is -0.00209 e. The van der Waals surface area contributed by atoms with Gasteiger partial charge in [-0.3, -0.25) is 0 Å². The fraction of sp³-hybridized carbons (Fsp3) is 0.333. The Balaban J connectivity index is 2.24. The van der Waals surface area contributed by atoms with Crippen LogP contribution < -0.4 is 0 Å². The van der Waals surface area contributed by atoms with E-state index in [1.807, 2.05) is 0 Å². The fourth-order valence-corrected chi connectivity index (χ4v) is 5.59. The lowest BCUT2D eigenvalue weighted by Gasteiger charge is -2.27. The Bertz CT molecular complexity index is 1270. The third-order valence-corrected chi connectivity index (χ3v) is 7.41. The van der Waals surface area contributed by atoms with Gasteiger partial charge in [-0.1, -0.05) is 140 Å². The minimum absolute atomic E-state index is 0.431. The van der Waals surface area contributed by atoms with Crippen LogP contribution in [-0.2, 0) is 0 Å². The predicted octanol–water partition coefficient (Wildman–Crippen LogP) is 11.2. The van der Waals surface area contributed by atoms with Crippen molar-refractivity contribution in [1.29, 1.82) is 0 Å². The smallest absolute Gasteiger partial charge is 0.00209 e. The fourth-order valence-electron chi connectivity index (χ4n) is 5.59. The van der Waals surface area contributed by atoms with E-state index in [9.17, 15) is 0 Å². The van der Waals surface area contributed by atoms with Crippen molar-refractivity contribution in [3.05, 3.63) is 107 Å². The monoisotopic (exact) mass is 474 g/mol. The first-order valence-electron chi connectivity index (χ1n) is 13.7. The summed E-state index contributed by atoms with van der Waals surface area (Å²) >= 11 is 0. The summed E-state index contributed by atoms with van der Waals surface area (Å²) in [6.07, 6.45) is 0. The minimum Gasteiger partial charge on any atom is -0.0622 e. The van der Waals surface area contributed by atoms with Crippen LogP contribution >= 0.6 is 0 Å². The van der Waals surface area contributed by atoms with Gasteiger partial charge in [0.25, 0.3) is 0 Å². The van der Waals surface area contributed by atoms with E-state index in [1.165, 1.54) is 55.6 Å². The average Bonchev–Trinajstić information content (AvgIpc) is 2.87. The molecule has 0 atom stereocenters. The molecule has 4 aromatic rings. The summed E-state index contributed by atoms with van der Waals surface area (Å²) in [7, 11) is 0. The van der Waals surface area contributed by atoms with Crippen molar-refractivity contribution in [2.24, 2.45) is 0 Å². The largest absolute Gasteiger partial charge is 0.0622 e. The quantitative estimate of drug-likeness (QED) is 0.250. The second-order valence-corrected chi connectivity index (χ2v) is 11.3. The average molecular weight is 475 g/mol. The second kappa shape index (κ2) is 10.9. The first-order valence-corrected chi connectivity index (χ1v) is 13.7. The molecule has 0 fully saturated rings. The van der Waals surface area contributed by atoms with Crippen LogP contribution in [-0.4, -0.2) is 0 Å². The Kier molecular flexibility index (Phi) is 7.84. The molecular formula is C36H42. The molecule has 0 saturated carbocycles. The standard InChI is InChI=1S/C36H42/c1-23(2)28-17-12-18-29(24(3)4)34(28)33-22-14-21-32(27-15-10-9-11-16-27)36(33)35-30(25(5)6)19-13-20-31(35)26(7)8/h9-26H,1-8H3. The molecule has 0 radical (unpaired) electrons. The molecule has 4 aromatic carbocycles. The molecular weight excluding hydrogens is 432 g/mol. The maximum absolute atomic E-state index is 2.37. The van der Waals surface area contributed by atoms with E-state index in [2.05, 4.69) is 140 Å². The third-order valence-electron chi connectivity index (χ3n) is 7.41. The zero-order valence-corrected chi connectivity index (χ0v) is 23.4. The Labute approximate surface area is 219 Å². The lowest BCUT2D eigenvalue weighted by molar-refractivity contribution is 0.835. The van der Waals surface area contributed by atoms with Crippen LogP contribution in [0.2, 0.25) is 0 Å². The van der Waals surface area contributed by atoms with Crippen molar-refractivity contribution in [3.63, 3.8) is 0 Å². The van der Waals surface area contributed by atoms with Gasteiger partial charge in [-0.25, -0.2) is 0 Å². The van der Waals surface area contributed by atoms with E-state index in [-0.39, 0.29) is 0 Å². The van der Waals surface area contributed by atoms with Gasteiger partial charge in [0, 0.05) is 0 Å². The summed E-state index contributed by atoms with van der Waals surface area (Å²) < 4.78 is 0. The van der Waals surface area contributed by atoms with Gasteiger partial charge in [-0.15, -0.1) is 0 Å². The summed E-state index contributed by atoms with van der Waals surface area (Å²) in [4.78, 5) is 0. The molecule has 0 saturated heterocycles. The predicted molar refractivity (Wildman–Crippen MR) is 159 cm³/mol. The molecule has 36 heavy (non-hydrogen) atoms.